The van der Waals surface area contributed by atoms with E-state index in [-0.39, 0.29) is 25.0 Å². The third-order valence-electron chi connectivity index (χ3n) is 4.40. The monoisotopic (exact) mass is 494 g/mol. The van der Waals surface area contributed by atoms with Gasteiger partial charge in [-0.05, 0) is 76.1 Å². The topological polar surface area (TPSA) is 58.6 Å². The normalized spacial score (nSPS) is 12.2. The summed E-state index contributed by atoms with van der Waals surface area (Å²) in [5.41, 5.74) is 1.45. The minimum atomic E-state index is -0.675. The first-order chi connectivity index (χ1) is 14.0. The summed E-state index contributed by atoms with van der Waals surface area (Å²) in [6, 6.07) is 12.1. The van der Waals surface area contributed by atoms with Crippen LogP contribution in [0.4, 0.5) is 0 Å². The summed E-state index contributed by atoms with van der Waals surface area (Å²) in [6.07, 6.45) is 0. The highest BCUT2D eigenvalue weighted by atomic mass is 79.9. The number of hydrogen-bond acceptors (Lipinski definition) is 3. The second-order valence-corrected chi connectivity index (χ2v) is 9.56. The molecular weight excluding hydrogens is 468 g/mol. The number of nitrogens with zero attached hydrogens (tertiary/aromatic N) is 1. The van der Waals surface area contributed by atoms with Crippen molar-refractivity contribution in [1.82, 2.24) is 10.2 Å². The smallest absolute Gasteiger partial charge is 0.261 e. The van der Waals surface area contributed by atoms with Gasteiger partial charge in [-0.1, -0.05) is 39.7 Å². The van der Waals surface area contributed by atoms with Crippen LogP contribution < -0.4 is 10.1 Å². The maximum Gasteiger partial charge on any atom is 0.261 e. The van der Waals surface area contributed by atoms with Crippen molar-refractivity contribution in [2.75, 3.05) is 6.61 Å². The average Bonchev–Trinajstić information content (AvgIpc) is 2.65. The quantitative estimate of drug-likeness (QED) is 0.580. The third-order valence-corrected chi connectivity index (χ3v) is 5.52. The van der Waals surface area contributed by atoms with Crippen molar-refractivity contribution in [3.8, 4) is 5.75 Å². The Morgan fingerprint density at radius 1 is 1.20 bits per heavy atom. The summed E-state index contributed by atoms with van der Waals surface area (Å²) in [6.45, 7) is 9.45. The molecule has 0 spiro atoms. The standard InChI is InChI=1S/C23H28BrClN2O3/c1-15-11-19(9-10-20(15)24)30-14-21(28)27(13-17-7-6-8-18(25)12-17)16(2)22(29)26-23(3,4)5/h6-12,16H,13-14H2,1-5H3,(H,26,29). The van der Waals surface area contributed by atoms with Crippen LogP contribution in [0.5, 0.6) is 5.75 Å². The zero-order chi connectivity index (χ0) is 22.5. The highest BCUT2D eigenvalue weighted by Crippen LogP contribution is 2.22. The van der Waals surface area contributed by atoms with Crippen molar-refractivity contribution >= 4 is 39.3 Å². The highest BCUT2D eigenvalue weighted by molar-refractivity contribution is 9.10. The molecule has 0 heterocycles. The van der Waals surface area contributed by atoms with Crippen molar-refractivity contribution in [1.29, 1.82) is 0 Å². The number of rotatable bonds is 7. The van der Waals surface area contributed by atoms with Crippen LogP contribution in [-0.2, 0) is 16.1 Å². The Bertz CT molecular complexity index is 912. The molecule has 0 aliphatic rings. The van der Waals surface area contributed by atoms with Gasteiger partial charge in [0.15, 0.2) is 6.61 Å². The Hall–Kier alpha value is -2.05. The van der Waals surface area contributed by atoms with Crippen molar-refractivity contribution in [2.24, 2.45) is 0 Å². The molecule has 0 saturated heterocycles. The first-order valence-corrected chi connectivity index (χ1v) is 10.9. The van der Waals surface area contributed by atoms with E-state index in [9.17, 15) is 9.59 Å². The Morgan fingerprint density at radius 2 is 1.90 bits per heavy atom. The van der Waals surface area contributed by atoms with E-state index in [1.54, 1.807) is 25.1 Å². The van der Waals surface area contributed by atoms with Gasteiger partial charge >= 0.3 is 0 Å². The molecule has 0 radical (unpaired) electrons. The predicted molar refractivity (Wildman–Crippen MR) is 124 cm³/mol. The first-order valence-electron chi connectivity index (χ1n) is 9.71. The molecule has 0 bridgehead atoms. The Labute approximate surface area is 191 Å². The van der Waals surface area contributed by atoms with E-state index >= 15 is 0 Å². The molecule has 162 valence electrons. The zero-order valence-corrected chi connectivity index (χ0v) is 20.3. The average molecular weight is 496 g/mol. The number of ether oxygens (including phenoxy) is 1. The van der Waals surface area contributed by atoms with Crippen LogP contribution in [0.3, 0.4) is 0 Å². The summed E-state index contributed by atoms with van der Waals surface area (Å²) in [7, 11) is 0. The number of carbonyl (C=O) groups excluding carboxylic acids is 2. The number of halogens is 2. The van der Waals surface area contributed by atoms with Crippen LogP contribution in [0.1, 0.15) is 38.8 Å². The molecule has 7 heteroatoms. The fourth-order valence-electron chi connectivity index (χ4n) is 2.82. The maximum atomic E-state index is 13.0. The Balaban J connectivity index is 2.18. The summed E-state index contributed by atoms with van der Waals surface area (Å²) in [5, 5.41) is 3.51. The lowest BCUT2D eigenvalue weighted by Gasteiger charge is -2.31. The number of hydrogen-bond donors (Lipinski definition) is 1. The number of aryl methyl sites for hydroxylation is 1. The molecule has 2 amide bonds. The molecule has 0 aliphatic carbocycles. The van der Waals surface area contributed by atoms with E-state index in [0.29, 0.717) is 10.8 Å². The van der Waals surface area contributed by atoms with E-state index in [2.05, 4.69) is 21.2 Å². The fraction of sp³-hybridized carbons (Fsp3) is 0.391. The van der Waals surface area contributed by atoms with Crippen LogP contribution >= 0.6 is 27.5 Å². The van der Waals surface area contributed by atoms with Gasteiger partial charge in [0, 0.05) is 21.6 Å². The van der Waals surface area contributed by atoms with Crippen molar-refractivity contribution < 1.29 is 14.3 Å². The van der Waals surface area contributed by atoms with Gasteiger partial charge in [0.2, 0.25) is 5.91 Å². The minimum absolute atomic E-state index is 0.172. The largest absolute Gasteiger partial charge is 0.484 e. The van der Waals surface area contributed by atoms with E-state index in [1.807, 2.05) is 52.0 Å². The third kappa shape index (κ3) is 7.33. The number of benzene rings is 2. The summed E-state index contributed by atoms with van der Waals surface area (Å²) in [5.74, 6) is 0.0861. The molecule has 0 saturated carbocycles. The number of amides is 2. The number of nitrogens with one attached hydrogen (secondary N) is 1. The minimum Gasteiger partial charge on any atom is -0.484 e. The predicted octanol–water partition coefficient (Wildman–Crippen LogP) is 5.12. The van der Waals surface area contributed by atoms with E-state index in [4.69, 9.17) is 16.3 Å². The molecular formula is C23H28BrClN2O3. The second-order valence-electron chi connectivity index (χ2n) is 8.27. The maximum absolute atomic E-state index is 13.0. The molecule has 5 nitrogen and oxygen atoms in total. The molecule has 0 fully saturated rings. The van der Waals surface area contributed by atoms with Gasteiger partial charge in [0.05, 0.1) is 0 Å². The van der Waals surface area contributed by atoms with Crippen molar-refractivity contribution in [3.05, 3.63) is 63.1 Å². The second kappa shape index (κ2) is 10.3. The Kier molecular flexibility index (Phi) is 8.33. The first kappa shape index (κ1) is 24.2. The molecule has 0 aromatic heterocycles. The highest BCUT2D eigenvalue weighted by Gasteiger charge is 2.28. The van der Waals surface area contributed by atoms with E-state index in [1.165, 1.54) is 4.90 Å². The molecule has 1 atom stereocenters. The molecule has 30 heavy (non-hydrogen) atoms. The molecule has 2 rings (SSSR count). The van der Waals surface area contributed by atoms with Gasteiger partial charge in [0.1, 0.15) is 11.8 Å². The fourth-order valence-corrected chi connectivity index (χ4v) is 3.28. The van der Waals surface area contributed by atoms with Gasteiger partial charge in [0.25, 0.3) is 5.91 Å². The SMILES string of the molecule is Cc1cc(OCC(=O)N(Cc2cccc(Cl)c2)C(C)C(=O)NC(C)(C)C)ccc1Br. The zero-order valence-electron chi connectivity index (χ0n) is 18.0. The molecule has 1 N–H and O–H groups in total. The van der Waals surface area contributed by atoms with E-state index in [0.717, 1.165) is 15.6 Å². The van der Waals surface area contributed by atoms with Crippen LogP contribution in [0, 0.1) is 6.92 Å². The lowest BCUT2D eigenvalue weighted by Crippen LogP contribution is -2.53. The summed E-state index contributed by atoms with van der Waals surface area (Å²) in [4.78, 5) is 27.3. The van der Waals surface area contributed by atoms with Crippen molar-refractivity contribution in [2.45, 2.75) is 52.7 Å². The summed E-state index contributed by atoms with van der Waals surface area (Å²) < 4.78 is 6.68. The van der Waals surface area contributed by atoms with Gasteiger partial charge in [-0.25, -0.2) is 0 Å². The molecule has 0 aliphatic heterocycles. The Morgan fingerprint density at radius 3 is 2.50 bits per heavy atom. The molecule has 2 aromatic carbocycles. The van der Waals surface area contributed by atoms with Gasteiger partial charge in [-0.2, -0.15) is 0 Å². The van der Waals surface area contributed by atoms with Gasteiger partial charge < -0.3 is 15.0 Å². The summed E-state index contributed by atoms with van der Waals surface area (Å²) >= 11 is 9.54. The van der Waals surface area contributed by atoms with Gasteiger partial charge in [-0.3, -0.25) is 9.59 Å². The number of carbonyl (C=O) groups is 2. The van der Waals surface area contributed by atoms with Crippen LogP contribution in [-0.4, -0.2) is 34.9 Å². The lowest BCUT2D eigenvalue weighted by molar-refractivity contribution is -0.142. The van der Waals surface area contributed by atoms with Crippen LogP contribution in [0.25, 0.3) is 0 Å². The molecule has 2 aromatic rings. The molecule has 1 unspecified atom stereocenters. The van der Waals surface area contributed by atoms with Crippen molar-refractivity contribution in [3.63, 3.8) is 0 Å². The lowest BCUT2D eigenvalue weighted by atomic mass is 10.1. The van der Waals surface area contributed by atoms with Crippen LogP contribution in [0.2, 0.25) is 5.02 Å². The van der Waals surface area contributed by atoms with Gasteiger partial charge in [-0.15, -0.1) is 0 Å². The van der Waals surface area contributed by atoms with E-state index < -0.39 is 11.6 Å². The van der Waals surface area contributed by atoms with Crippen LogP contribution in [0.15, 0.2) is 46.9 Å².